The van der Waals surface area contributed by atoms with Gasteiger partial charge in [-0.05, 0) is 13.0 Å². The first-order chi connectivity index (χ1) is 27.1. The largest absolute Gasteiger partial charge is 0.481 e. The molecule has 0 aromatic carbocycles. The maximum Gasteiger partial charge on any atom is 0.327 e. The predicted molar refractivity (Wildman–Crippen MR) is 202 cm³/mol. The second-order valence-electron chi connectivity index (χ2n) is 11.6. The zero-order valence-corrected chi connectivity index (χ0v) is 33.3. The van der Waals surface area contributed by atoms with Crippen molar-refractivity contribution < 1.29 is 76.9 Å². The number of carboxylic acid groups (broad SMARTS) is 2. The van der Waals surface area contributed by atoms with Gasteiger partial charge in [-0.2, -0.15) is 0 Å². The van der Waals surface area contributed by atoms with E-state index in [1.807, 2.05) is 0 Å². The summed E-state index contributed by atoms with van der Waals surface area (Å²) in [5.41, 5.74) is 5.44. The molecule has 22 heteroatoms. The SMILES string of the molecule is CN(CCCN)C(=O)CSC[C@H](NC(=O)CCOCCOCCOCCOCCOCCOCCOCCOCCNC(=O)CNC(=O)CCC(=O)O)C(=O)O. The van der Waals surface area contributed by atoms with Gasteiger partial charge in [0.25, 0.3) is 0 Å². The van der Waals surface area contributed by atoms with Crippen molar-refractivity contribution in [2.45, 2.75) is 31.7 Å². The molecular weight excluding hydrogens is 766 g/mol. The highest BCUT2D eigenvalue weighted by Crippen LogP contribution is 2.06. The minimum absolute atomic E-state index is 0.00616. The third-order valence-corrected chi connectivity index (χ3v) is 7.95. The van der Waals surface area contributed by atoms with Crippen LogP contribution in [0.5, 0.6) is 0 Å². The van der Waals surface area contributed by atoms with E-state index in [-0.39, 0.29) is 69.6 Å². The molecule has 56 heavy (non-hydrogen) atoms. The fourth-order valence-corrected chi connectivity index (χ4v) is 4.86. The molecule has 0 aliphatic heterocycles. The normalized spacial score (nSPS) is 11.5. The van der Waals surface area contributed by atoms with Crippen molar-refractivity contribution in [3.05, 3.63) is 0 Å². The van der Waals surface area contributed by atoms with Crippen LogP contribution in [0, 0.1) is 0 Å². The van der Waals surface area contributed by atoms with Gasteiger partial charge in [-0.1, -0.05) is 0 Å². The number of nitrogens with one attached hydrogen (secondary N) is 3. The lowest BCUT2D eigenvalue weighted by Crippen LogP contribution is -2.43. The summed E-state index contributed by atoms with van der Waals surface area (Å²) in [5, 5.41) is 25.3. The first kappa shape index (κ1) is 52.8. The van der Waals surface area contributed by atoms with Gasteiger partial charge in [0.15, 0.2) is 0 Å². The first-order valence-corrected chi connectivity index (χ1v) is 19.6. The van der Waals surface area contributed by atoms with E-state index >= 15 is 0 Å². The van der Waals surface area contributed by atoms with E-state index in [0.717, 1.165) is 11.8 Å². The molecule has 0 aromatic heterocycles. The Morgan fingerprint density at radius 1 is 0.607 bits per heavy atom. The highest BCUT2D eigenvalue weighted by atomic mass is 32.2. The Kier molecular flexibility index (Phi) is 36.5. The Hall–Kier alpha value is -3.19. The number of aliphatic carboxylic acids is 2. The van der Waals surface area contributed by atoms with Crippen LogP contribution in [0.15, 0.2) is 0 Å². The highest BCUT2D eigenvalue weighted by molar-refractivity contribution is 8.00. The van der Waals surface area contributed by atoms with Gasteiger partial charge in [-0.15, -0.1) is 11.8 Å². The Morgan fingerprint density at radius 3 is 1.52 bits per heavy atom. The summed E-state index contributed by atoms with van der Waals surface area (Å²) < 4.78 is 43.3. The van der Waals surface area contributed by atoms with Gasteiger partial charge >= 0.3 is 11.9 Å². The van der Waals surface area contributed by atoms with Crippen molar-refractivity contribution in [1.82, 2.24) is 20.9 Å². The number of amides is 4. The molecule has 0 aliphatic carbocycles. The molecule has 0 radical (unpaired) electrons. The van der Waals surface area contributed by atoms with Crippen molar-refractivity contribution in [2.24, 2.45) is 5.73 Å². The number of thioether (sulfide) groups is 1. The minimum atomic E-state index is -1.17. The van der Waals surface area contributed by atoms with Gasteiger partial charge in [-0.3, -0.25) is 24.0 Å². The second-order valence-corrected chi connectivity index (χ2v) is 12.6. The van der Waals surface area contributed by atoms with Crippen LogP contribution in [-0.4, -0.2) is 207 Å². The summed E-state index contributed by atoms with van der Waals surface area (Å²) >= 11 is 1.14. The van der Waals surface area contributed by atoms with Gasteiger partial charge in [0.1, 0.15) is 6.04 Å². The van der Waals surface area contributed by atoms with Gasteiger partial charge in [0.05, 0.1) is 124 Å². The van der Waals surface area contributed by atoms with Crippen LogP contribution in [0.2, 0.25) is 0 Å². The van der Waals surface area contributed by atoms with Crippen LogP contribution in [0.3, 0.4) is 0 Å². The lowest BCUT2D eigenvalue weighted by Gasteiger charge is -2.18. The topological polar surface area (TPSA) is 282 Å². The molecular formula is C34H63N5O16S. The van der Waals surface area contributed by atoms with E-state index in [0.29, 0.717) is 105 Å². The maximum atomic E-state index is 12.1. The van der Waals surface area contributed by atoms with Crippen LogP contribution in [0.25, 0.3) is 0 Å². The van der Waals surface area contributed by atoms with E-state index in [4.69, 9.17) is 48.7 Å². The third-order valence-electron chi connectivity index (χ3n) is 6.92. The summed E-state index contributed by atoms with van der Waals surface area (Å²) in [6.07, 6.45) is 0.209. The number of carbonyl (C=O) groups is 6. The van der Waals surface area contributed by atoms with E-state index in [1.165, 1.54) is 0 Å². The third kappa shape index (κ3) is 36.4. The monoisotopic (exact) mass is 829 g/mol. The number of rotatable bonds is 41. The van der Waals surface area contributed by atoms with Gasteiger partial charge < -0.3 is 74.7 Å². The summed E-state index contributed by atoms with van der Waals surface area (Å²) in [5.74, 6) is -3.56. The van der Waals surface area contributed by atoms with E-state index in [2.05, 4.69) is 16.0 Å². The van der Waals surface area contributed by atoms with Gasteiger partial charge in [0, 0.05) is 38.7 Å². The Bertz CT molecular complexity index is 1060. The van der Waals surface area contributed by atoms with Crippen LogP contribution in [-0.2, 0) is 66.7 Å². The molecule has 326 valence electrons. The summed E-state index contributed by atoms with van der Waals surface area (Å²) in [6.45, 7) is 6.72. The molecule has 0 aliphatic rings. The first-order valence-electron chi connectivity index (χ1n) is 18.5. The summed E-state index contributed by atoms with van der Waals surface area (Å²) in [4.78, 5) is 70.6. The summed E-state index contributed by atoms with van der Waals surface area (Å²) in [7, 11) is 1.67. The zero-order chi connectivity index (χ0) is 41.5. The number of hydrogen-bond donors (Lipinski definition) is 6. The van der Waals surface area contributed by atoms with Crippen molar-refractivity contribution in [1.29, 1.82) is 0 Å². The number of ether oxygens (including phenoxy) is 8. The number of carbonyl (C=O) groups excluding carboxylic acids is 4. The van der Waals surface area contributed by atoms with Gasteiger partial charge in [0.2, 0.25) is 23.6 Å². The lowest BCUT2D eigenvalue weighted by atomic mass is 10.3. The number of hydrogen-bond acceptors (Lipinski definition) is 16. The fraction of sp³-hybridized carbons (Fsp3) is 0.824. The average molecular weight is 830 g/mol. The van der Waals surface area contributed by atoms with E-state index in [1.54, 1.807) is 11.9 Å². The van der Waals surface area contributed by atoms with Crippen molar-refractivity contribution >= 4 is 47.3 Å². The summed E-state index contributed by atoms with van der Waals surface area (Å²) in [6, 6.07) is -1.11. The van der Waals surface area contributed by atoms with Crippen LogP contribution in [0.4, 0.5) is 0 Å². The molecule has 0 spiro atoms. The van der Waals surface area contributed by atoms with Crippen LogP contribution in [0.1, 0.15) is 25.7 Å². The smallest absolute Gasteiger partial charge is 0.327 e. The molecule has 0 unspecified atom stereocenters. The van der Waals surface area contributed by atoms with Crippen LogP contribution >= 0.6 is 11.8 Å². The Morgan fingerprint density at radius 2 is 1.07 bits per heavy atom. The number of nitrogens with two attached hydrogens (primary N) is 1. The Labute approximate surface area is 332 Å². The number of nitrogens with zero attached hydrogens (tertiary/aromatic N) is 1. The number of carboxylic acids is 2. The van der Waals surface area contributed by atoms with E-state index in [9.17, 15) is 33.9 Å². The second kappa shape index (κ2) is 38.7. The molecule has 4 amide bonds. The molecule has 0 saturated heterocycles. The molecule has 0 saturated carbocycles. The predicted octanol–water partition coefficient (Wildman–Crippen LogP) is -2.28. The van der Waals surface area contributed by atoms with E-state index < -0.39 is 35.7 Å². The van der Waals surface area contributed by atoms with Crippen molar-refractivity contribution in [3.8, 4) is 0 Å². The molecule has 1 atom stereocenters. The molecule has 0 rings (SSSR count). The van der Waals surface area contributed by atoms with Crippen molar-refractivity contribution in [3.63, 3.8) is 0 Å². The molecule has 0 bridgehead atoms. The molecule has 0 aromatic rings. The molecule has 0 fully saturated rings. The lowest BCUT2D eigenvalue weighted by molar-refractivity contribution is -0.141. The zero-order valence-electron chi connectivity index (χ0n) is 32.5. The van der Waals surface area contributed by atoms with Crippen molar-refractivity contribution in [2.75, 3.05) is 150 Å². The Balaban J connectivity index is 3.42. The highest BCUT2D eigenvalue weighted by Gasteiger charge is 2.21. The average Bonchev–Trinajstić information content (AvgIpc) is 3.17. The maximum absolute atomic E-state index is 12.1. The molecule has 7 N–H and O–H groups in total. The quantitative estimate of drug-likeness (QED) is 0.0354. The minimum Gasteiger partial charge on any atom is -0.481 e. The van der Waals surface area contributed by atoms with Crippen LogP contribution < -0.4 is 21.7 Å². The fourth-order valence-electron chi connectivity index (χ4n) is 3.89. The standard InChI is InChI=1S/C34H63N5O16S/c1-39(8-2-6-35)32(43)27-56-26-28(34(46)47)38-30(41)5-9-48-11-13-50-15-17-52-19-21-54-23-24-55-22-20-53-18-16-51-14-12-49-10-7-36-31(42)25-37-29(40)3-4-33(44)45/h28H,2-27,35H2,1H3,(H,36,42)(H,37,40)(H,38,41)(H,44,45)(H,46,47)/t28-/m0/s1. The van der Waals surface area contributed by atoms with Gasteiger partial charge in [-0.25, -0.2) is 4.79 Å². The molecule has 0 heterocycles. The molecule has 21 nitrogen and oxygen atoms in total.